The second-order valence-corrected chi connectivity index (χ2v) is 9.12. The molecule has 0 radical (unpaired) electrons. The second-order valence-electron chi connectivity index (χ2n) is 9.12. The van der Waals surface area contributed by atoms with Crippen molar-refractivity contribution >= 4 is 23.5 Å². The summed E-state index contributed by atoms with van der Waals surface area (Å²) in [7, 11) is 0. The monoisotopic (exact) mass is 371 g/mol. The van der Waals surface area contributed by atoms with Crippen molar-refractivity contribution in [1.82, 2.24) is 10.2 Å². The first kappa shape index (κ1) is 19.4. The van der Waals surface area contributed by atoms with Gasteiger partial charge in [0.05, 0.1) is 0 Å². The zero-order valence-electron chi connectivity index (χ0n) is 16.8. The molecule has 1 saturated heterocycles. The molecule has 4 amide bonds. The van der Waals surface area contributed by atoms with Gasteiger partial charge in [-0.05, 0) is 61.6 Å². The van der Waals surface area contributed by atoms with Crippen LogP contribution in [0.1, 0.15) is 51.2 Å². The van der Waals surface area contributed by atoms with Crippen LogP contribution in [0.2, 0.25) is 0 Å². The molecule has 146 valence electrons. The first-order valence-corrected chi connectivity index (χ1v) is 9.53. The van der Waals surface area contributed by atoms with Gasteiger partial charge in [0.1, 0.15) is 12.1 Å². The predicted octanol–water partition coefficient (Wildman–Crippen LogP) is 3.38. The maximum atomic E-state index is 13.1. The Hall–Kier alpha value is -2.37. The summed E-state index contributed by atoms with van der Waals surface area (Å²) in [6, 6.07) is 5.31. The number of nitrogens with one attached hydrogen (secondary N) is 2. The molecular formula is C21H29N3O3. The van der Waals surface area contributed by atoms with Crippen molar-refractivity contribution in [1.29, 1.82) is 0 Å². The number of carbonyl (C=O) groups is 3. The minimum Gasteiger partial charge on any atom is -0.324 e. The van der Waals surface area contributed by atoms with Gasteiger partial charge in [0.2, 0.25) is 5.91 Å². The van der Waals surface area contributed by atoms with Crippen molar-refractivity contribution in [2.24, 2.45) is 11.3 Å². The zero-order chi connectivity index (χ0) is 20.0. The first-order valence-electron chi connectivity index (χ1n) is 9.53. The minimum absolute atomic E-state index is 0.0302. The van der Waals surface area contributed by atoms with E-state index in [4.69, 9.17) is 0 Å². The van der Waals surface area contributed by atoms with Crippen LogP contribution in [0.15, 0.2) is 18.2 Å². The molecule has 2 atom stereocenters. The van der Waals surface area contributed by atoms with Crippen molar-refractivity contribution in [2.75, 3.05) is 11.9 Å². The van der Waals surface area contributed by atoms with E-state index in [1.165, 1.54) is 0 Å². The number of benzene rings is 1. The SMILES string of the molecule is Cc1ccc(C)c(NC(=O)CN2C(=O)NC3(CC(C)CC(C)(C)C3)C2=O)c1. The summed E-state index contributed by atoms with van der Waals surface area (Å²) < 4.78 is 0. The van der Waals surface area contributed by atoms with Gasteiger partial charge in [0, 0.05) is 5.69 Å². The van der Waals surface area contributed by atoms with Crippen LogP contribution >= 0.6 is 0 Å². The fourth-order valence-electron chi connectivity index (χ4n) is 4.85. The lowest BCUT2D eigenvalue weighted by atomic mass is 9.64. The molecule has 2 unspecified atom stereocenters. The van der Waals surface area contributed by atoms with Gasteiger partial charge in [0.15, 0.2) is 0 Å². The minimum atomic E-state index is -0.877. The Bertz CT molecular complexity index is 802. The lowest BCUT2D eigenvalue weighted by molar-refractivity contribution is -0.136. The molecule has 1 aliphatic heterocycles. The van der Waals surface area contributed by atoms with Gasteiger partial charge < -0.3 is 10.6 Å². The van der Waals surface area contributed by atoms with Gasteiger partial charge >= 0.3 is 6.03 Å². The largest absolute Gasteiger partial charge is 0.325 e. The number of amides is 4. The van der Waals surface area contributed by atoms with Gasteiger partial charge in [-0.1, -0.05) is 32.9 Å². The molecule has 1 aromatic rings. The highest BCUT2D eigenvalue weighted by Crippen LogP contribution is 2.46. The molecule has 1 saturated carbocycles. The summed E-state index contributed by atoms with van der Waals surface area (Å²) in [5, 5.41) is 5.72. The average Bonchev–Trinajstić information content (AvgIpc) is 2.72. The smallest absolute Gasteiger partial charge is 0.324 e. The highest BCUT2D eigenvalue weighted by atomic mass is 16.2. The molecule has 1 heterocycles. The molecule has 1 spiro atoms. The Morgan fingerprint density at radius 2 is 1.96 bits per heavy atom. The standard InChI is InChI=1S/C21H29N3O3/c1-13-6-7-15(3)16(8-13)22-17(25)11-24-18(26)21(23-19(24)27)10-14(2)9-20(4,5)12-21/h6-8,14H,9-12H2,1-5H3,(H,22,25)(H,23,27). The van der Waals surface area contributed by atoms with Gasteiger partial charge in [-0.15, -0.1) is 0 Å². The van der Waals surface area contributed by atoms with Gasteiger partial charge in [-0.3, -0.25) is 14.5 Å². The fourth-order valence-corrected chi connectivity index (χ4v) is 4.85. The zero-order valence-corrected chi connectivity index (χ0v) is 16.8. The van der Waals surface area contributed by atoms with Gasteiger partial charge in [0.25, 0.3) is 5.91 Å². The maximum Gasteiger partial charge on any atom is 0.325 e. The number of urea groups is 1. The van der Waals surface area contributed by atoms with Crippen LogP contribution in [0.3, 0.4) is 0 Å². The summed E-state index contributed by atoms with van der Waals surface area (Å²) in [6.45, 7) is 9.94. The molecule has 0 aromatic heterocycles. The number of imide groups is 1. The normalized spacial score (nSPS) is 27.0. The maximum absolute atomic E-state index is 13.1. The van der Waals surface area contributed by atoms with Crippen molar-refractivity contribution in [2.45, 2.75) is 59.4 Å². The van der Waals surface area contributed by atoms with E-state index in [1.54, 1.807) is 0 Å². The van der Waals surface area contributed by atoms with Gasteiger partial charge in [-0.2, -0.15) is 0 Å². The number of rotatable bonds is 3. The molecule has 2 aliphatic rings. The highest BCUT2D eigenvalue weighted by Gasteiger charge is 2.56. The molecule has 2 N–H and O–H groups in total. The van der Waals surface area contributed by atoms with Crippen LogP contribution < -0.4 is 10.6 Å². The predicted molar refractivity (Wildman–Crippen MR) is 104 cm³/mol. The molecule has 0 bridgehead atoms. The summed E-state index contributed by atoms with van der Waals surface area (Å²) in [4.78, 5) is 39.2. The Balaban J connectivity index is 1.74. The van der Waals surface area contributed by atoms with E-state index >= 15 is 0 Å². The van der Waals surface area contributed by atoms with E-state index in [1.807, 2.05) is 32.0 Å². The third-order valence-electron chi connectivity index (χ3n) is 5.59. The number of aryl methyl sites for hydroxylation is 2. The molecule has 3 rings (SSSR count). The summed E-state index contributed by atoms with van der Waals surface area (Å²) in [5.41, 5.74) is 1.76. The van der Waals surface area contributed by atoms with Gasteiger partial charge in [-0.25, -0.2) is 4.79 Å². The van der Waals surface area contributed by atoms with Crippen molar-refractivity contribution in [3.8, 4) is 0 Å². The number of hydrogen-bond donors (Lipinski definition) is 2. The molecule has 6 nitrogen and oxygen atoms in total. The van der Waals surface area contributed by atoms with Crippen LogP contribution in [0, 0.1) is 25.2 Å². The topological polar surface area (TPSA) is 78.5 Å². The molecular weight excluding hydrogens is 342 g/mol. The third kappa shape index (κ3) is 3.84. The number of anilines is 1. The summed E-state index contributed by atoms with van der Waals surface area (Å²) in [5.74, 6) is -0.308. The quantitative estimate of drug-likeness (QED) is 0.800. The van der Waals surface area contributed by atoms with E-state index in [0.717, 1.165) is 22.4 Å². The Labute approximate surface area is 160 Å². The lowest BCUT2D eigenvalue weighted by Gasteiger charge is -2.43. The van der Waals surface area contributed by atoms with Crippen LogP contribution in [0.5, 0.6) is 0 Å². The second kappa shape index (κ2) is 6.66. The Morgan fingerprint density at radius 1 is 1.26 bits per heavy atom. The number of carbonyl (C=O) groups excluding carboxylic acids is 3. The molecule has 2 fully saturated rings. The Morgan fingerprint density at radius 3 is 2.63 bits per heavy atom. The van der Waals surface area contributed by atoms with E-state index in [2.05, 4.69) is 31.4 Å². The van der Waals surface area contributed by atoms with Crippen LogP contribution in [0.4, 0.5) is 10.5 Å². The van der Waals surface area contributed by atoms with Crippen molar-refractivity contribution in [3.63, 3.8) is 0 Å². The van der Waals surface area contributed by atoms with Crippen LogP contribution in [0.25, 0.3) is 0 Å². The lowest BCUT2D eigenvalue weighted by Crippen LogP contribution is -2.54. The van der Waals surface area contributed by atoms with E-state index in [-0.39, 0.29) is 23.8 Å². The van der Waals surface area contributed by atoms with Crippen LogP contribution in [-0.2, 0) is 9.59 Å². The fraction of sp³-hybridized carbons (Fsp3) is 0.571. The molecule has 1 aromatic carbocycles. The number of hydrogen-bond acceptors (Lipinski definition) is 3. The number of nitrogens with zero attached hydrogens (tertiary/aromatic N) is 1. The van der Waals surface area contributed by atoms with E-state index in [0.29, 0.717) is 24.4 Å². The van der Waals surface area contributed by atoms with E-state index < -0.39 is 11.6 Å². The van der Waals surface area contributed by atoms with Crippen molar-refractivity contribution in [3.05, 3.63) is 29.3 Å². The first-order chi connectivity index (χ1) is 12.5. The molecule has 6 heteroatoms. The summed E-state index contributed by atoms with van der Waals surface area (Å²) in [6.07, 6.45) is 2.24. The van der Waals surface area contributed by atoms with Crippen molar-refractivity contribution < 1.29 is 14.4 Å². The average molecular weight is 371 g/mol. The molecule has 1 aliphatic carbocycles. The highest BCUT2D eigenvalue weighted by molar-refractivity contribution is 6.10. The van der Waals surface area contributed by atoms with E-state index in [9.17, 15) is 14.4 Å². The van der Waals surface area contributed by atoms with Crippen LogP contribution in [-0.4, -0.2) is 34.8 Å². The third-order valence-corrected chi connectivity index (χ3v) is 5.59. The Kier molecular flexibility index (Phi) is 4.78. The molecule has 27 heavy (non-hydrogen) atoms. The summed E-state index contributed by atoms with van der Waals surface area (Å²) >= 11 is 0.